The third-order valence-electron chi connectivity index (χ3n) is 3.40. The number of rotatable bonds is 5. The number of carbonyl (C=O) groups excluding carboxylic acids is 1. The average Bonchev–Trinajstić information content (AvgIpc) is 2.87. The maximum absolute atomic E-state index is 12.1. The van der Waals surface area contributed by atoms with Crippen LogP contribution < -0.4 is 10.2 Å². The molecule has 0 aliphatic rings. The second kappa shape index (κ2) is 6.39. The van der Waals surface area contributed by atoms with Crippen LogP contribution in [0.15, 0.2) is 41.0 Å². The van der Waals surface area contributed by atoms with Gasteiger partial charge in [-0.3, -0.25) is 4.79 Å². The number of amides is 1. The van der Waals surface area contributed by atoms with Crippen molar-refractivity contribution in [1.82, 2.24) is 0 Å². The van der Waals surface area contributed by atoms with Gasteiger partial charge in [0.05, 0.1) is 13.3 Å². The summed E-state index contributed by atoms with van der Waals surface area (Å²) in [5.74, 6) is 0.907. The molecule has 1 atom stereocenters. The first-order valence-corrected chi connectivity index (χ1v) is 6.76. The molecule has 1 aromatic heterocycles. The summed E-state index contributed by atoms with van der Waals surface area (Å²) < 4.78 is 5.29. The van der Waals surface area contributed by atoms with Crippen molar-refractivity contribution >= 4 is 11.6 Å². The van der Waals surface area contributed by atoms with Gasteiger partial charge in [0.25, 0.3) is 5.91 Å². The summed E-state index contributed by atoms with van der Waals surface area (Å²) in [4.78, 5) is 13.1. The van der Waals surface area contributed by atoms with Crippen LogP contribution in [0.1, 0.15) is 16.9 Å². The van der Waals surface area contributed by atoms with E-state index in [9.17, 15) is 4.79 Å². The van der Waals surface area contributed by atoms with E-state index in [4.69, 9.17) is 4.42 Å². The van der Waals surface area contributed by atoms with E-state index in [-0.39, 0.29) is 5.91 Å². The zero-order valence-corrected chi connectivity index (χ0v) is 12.2. The summed E-state index contributed by atoms with van der Waals surface area (Å²) in [7, 11) is 1.98. The summed E-state index contributed by atoms with van der Waals surface area (Å²) >= 11 is 0. The van der Waals surface area contributed by atoms with Crippen molar-refractivity contribution in [3.63, 3.8) is 0 Å². The van der Waals surface area contributed by atoms with Crippen LogP contribution in [-0.2, 0) is 11.3 Å². The number of hydrogen-bond donors (Lipinski definition) is 2. The van der Waals surface area contributed by atoms with Crippen LogP contribution >= 0.6 is 0 Å². The standard InChI is InChI=1S/C16H20N2O2/c1-12-6-4-8-15(13(12)2)17-16(19)11-18(3)10-14-7-5-9-20-14/h4-9H,10-11H2,1-3H3,(H,17,19)/p+1. The van der Waals surface area contributed by atoms with Gasteiger partial charge in [-0.25, -0.2) is 0 Å². The van der Waals surface area contributed by atoms with Gasteiger partial charge in [-0.05, 0) is 43.2 Å². The van der Waals surface area contributed by atoms with E-state index in [0.717, 1.165) is 21.9 Å². The van der Waals surface area contributed by atoms with E-state index >= 15 is 0 Å². The van der Waals surface area contributed by atoms with Gasteiger partial charge >= 0.3 is 0 Å². The topological polar surface area (TPSA) is 46.7 Å². The summed E-state index contributed by atoms with van der Waals surface area (Å²) in [6.45, 7) is 5.17. The minimum absolute atomic E-state index is 0.0164. The lowest BCUT2D eigenvalue weighted by atomic mass is 10.1. The van der Waals surface area contributed by atoms with E-state index < -0.39 is 0 Å². The first-order valence-electron chi connectivity index (χ1n) is 6.76. The second-order valence-electron chi connectivity index (χ2n) is 5.19. The van der Waals surface area contributed by atoms with Gasteiger partial charge in [-0.15, -0.1) is 0 Å². The third kappa shape index (κ3) is 3.71. The molecule has 0 saturated carbocycles. The molecular weight excluding hydrogens is 252 g/mol. The Morgan fingerprint density at radius 3 is 2.75 bits per heavy atom. The van der Waals surface area contributed by atoms with Crippen molar-refractivity contribution in [1.29, 1.82) is 0 Å². The first kappa shape index (κ1) is 14.3. The number of aryl methyl sites for hydroxylation is 1. The minimum Gasteiger partial charge on any atom is -0.463 e. The van der Waals surface area contributed by atoms with Crippen molar-refractivity contribution < 1.29 is 14.1 Å². The van der Waals surface area contributed by atoms with Crippen LogP contribution in [0.5, 0.6) is 0 Å². The highest BCUT2D eigenvalue weighted by atomic mass is 16.3. The summed E-state index contributed by atoms with van der Waals surface area (Å²) in [5.41, 5.74) is 3.18. The second-order valence-corrected chi connectivity index (χ2v) is 5.19. The van der Waals surface area contributed by atoms with Gasteiger partial charge < -0.3 is 14.6 Å². The molecule has 2 aromatic rings. The molecular formula is C16H21N2O2+. The van der Waals surface area contributed by atoms with E-state index in [0.29, 0.717) is 13.1 Å². The molecule has 0 radical (unpaired) electrons. The van der Waals surface area contributed by atoms with E-state index in [1.54, 1.807) is 6.26 Å². The maximum atomic E-state index is 12.1. The van der Waals surface area contributed by atoms with Gasteiger partial charge in [0.2, 0.25) is 0 Å². The van der Waals surface area contributed by atoms with Crippen molar-refractivity contribution in [3.05, 3.63) is 53.5 Å². The van der Waals surface area contributed by atoms with E-state index in [1.807, 2.05) is 51.2 Å². The quantitative estimate of drug-likeness (QED) is 0.868. The van der Waals surface area contributed by atoms with Crippen LogP contribution in [-0.4, -0.2) is 19.5 Å². The maximum Gasteiger partial charge on any atom is 0.279 e. The highest BCUT2D eigenvalue weighted by Crippen LogP contribution is 2.17. The number of hydrogen-bond acceptors (Lipinski definition) is 2. The van der Waals surface area contributed by atoms with Crippen molar-refractivity contribution in [2.75, 3.05) is 18.9 Å². The SMILES string of the molecule is Cc1cccc(NC(=O)C[NH+](C)Cc2ccco2)c1C. The van der Waals surface area contributed by atoms with Crippen molar-refractivity contribution in [2.24, 2.45) is 0 Å². The van der Waals surface area contributed by atoms with Crippen molar-refractivity contribution in [2.45, 2.75) is 20.4 Å². The van der Waals surface area contributed by atoms with Gasteiger partial charge in [-0.2, -0.15) is 0 Å². The molecule has 1 amide bonds. The Hall–Kier alpha value is -2.07. The molecule has 106 valence electrons. The summed E-state index contributed by atoms with van der Waals surface area (Å²) in [6, 6.07) is 9.71. The van der Waals surface area contributed by atoms with Crippen LogP contribution in [0.2, 0.25) is 0 Å². The highest BCUT2D eigenvalue weighted by molar-refractivity contribution is 5.92. The Bertz CT molecular complexity index is 576. The Labute approximate surface area is 119 Å². The first-order chi connectivity index (χ1) is 9.56. The molecule has 1 heterocycles. The van der Waals surface area contributed by atoms with E-state index in [2.05, 4.69) is 5.32 Å². The minimum atomic E-state index is 0.0164. The Morgan fingerprint density at radius 2 is 2.05 bits per heavy atom. The van der Waals surface area contributed by atoms with E-state index in [1.165, 1.54) is 5.56 Å². The largest absolute Gasteiger partial charge is 0.463 e. The molecule has 4 nitrogen and oxygen atoms in total. The normalized spacial score (nSPS) is 12.2. The fraction of sp³-hybridized carbons (Fsp3) is 0.312. The number of carbonyl (C=O) groups is 1. The summed E-state index contributed by atoms with van der Waals surface area (Å²) in [6.07, 6.45) is 1.65. The Balaban J connectivity index is 1.90. The third-order valence-corrected chi connectivity index (χ3v) is 3.40. The number of furan rings is 1. The lowest BCUT2D eigenvalue weighted by Crippen LogP contribution is -3.08. The number of benzene rings is 1. The van der Waals surface area contributed by atoms with Crippen LogP contribution in [0.4, 0.5) is 5.69 Å². The predicted molar refractivity (Wildman–Crippen MR) is 78.7 cm³/mol. The van der Waals surface area contributed by atoms with Crippen LogP contribution in [0, 0.1) is 13.8 Å². The van der Waals surface area contributed by atoms with Crippen LogP contribution in [0.25, 0.3) is 0 Å². The predicted octanol–water partition coefficient (Wildman–Crippen LogP) is 1.55. The summed E-state index contributed by atoms with van der Waals surface area (Å²) in [5, 5.41) is 2.97. The fourth-order valence-electron chi connectivity index (χ4n) is 2.13. The molecule has 0 bridgehead atoms. The molecule has 0 aliphatic carbocycles. The number of quaternary nitrogens is 1. The molecule has 0 fully saturated rings. The Kier molecular flexibility index (Phi) is 4.58. The van der Waals surface area contributed by atoms with Gasteiger partial charge in [0.15, 0.2) is 12.3 Å². The number of anilines is 1. The van der Waals surface area contributed by atoms with Crippen molar-refractivity contribution in [3.8, 4) is 0 Å². The molecule has 0 aliphatic heterocycles. The lowest BCUT2D eigenvalue weighted by Gasteiger charge is -2.14. The molecule has 0 spiro atoms. The van der Waals surface area contributed by atoms with Gasteiger partial charge in [0, 0.05) is 5.69 Å². The molecule has 4 heteroatoms. The van der Waals surface area contributed by atoms with Gasteiger partial charge in [-0.1, -0.05) is 12.1 Å². The zero-order valence-electron chi connectivity index (χ0n) is 12.2. The molecule has 1 unspecified atom stereocenters. The smallest absolute Gasteiger partial charge is 0.279 e. The number of nitrogens with one attached hydrogen (secondary N) is 2. The fourth-order valence-corrected chi connectivity index (χ4v) is 2.13. The number of likely N-dealkylation sites (N-methyl/N-ethyl adjacent to an activating group) is 1. The highest BCUT2D eigenvalue weighted by Gasteiger charge is 2.13. The van der Waals surface area contributed by atoms with Gasteiger partial charge in [0.1, 0.15) is 6.54 Å². The lowest BCUT2D eigenvalue weighted by molar-refractivity contribution is -0.886. The molecule has 2 rings (SSSR count). The molecule has 0 saturated heterocycles. The molecule has 20 heavy (non-hydrogen) atoms. The monoisotopic (exact) mass is 273 g/mol. The zero-order chi connectivity index (χ0) is 14.5. The Morgan fingerprint density at radius 1 is 1.25 bits per heavy atom. The molecule has 2 N–H and O–H groups in total. The average molecular weight is 273 g/mol. The van der Waals surface area contributed by atoms with Crippen LogP contribution in [0.3, 0.4) is 0 Å². The molecule has 1 aromatic carbocycles.